The third-order valence-electron chi connectivity index (χ3n) is 14.6. The van der Waals surface area contributed by atoms with Crippen LogP contribution >= 0.6 is 0 Å². The first kappa shape index (κ1) is 57.8. The molecule has 0 amide bonds. The summed E-state index contributed by atoms with van der Waals surface area (Å²) < 4.78 is 0. The van der Waals surface area contributed by atoms with Gasteiger partial charge in [0.25, 0.3) is 0 Å². The minimum atomic E-state index is 0. The molecule has 3 aliphatic carbocycles. The van der Waals surface area contributed by atoms with Crippen LogP contribution in [-0.2, 0) is 18.3 Å². The van der Waals surface area contributed by atoms with Gasteiger partial charge in [0.1, 0.15) is 0 Å². The van der Waals surface area contributed by atoms with Crippen molar-refractivity contribution >= 4 is 0 Å². The Morgan fingerprint density at radius 1 is 0.414 bits per heavy atom. The lowest BCUT2D eigenvalue weighted by Gasteiger charge is -2.46. The lowest BCUT2D eigenvalue weighted by atomic mass is 9.59. The van der Waals surface area contributed by atoms with Crippen LogP contribution in [0.15, 0.2) is 72.8 Å². The molecule has 0 N–H and O–H groups in total. The van der Waals surface area contributed by atoms with Gasteiger partial charge in [0.05, 0.1) is 0 Å². The van der Waals surface area contributed by atoms with Crippen LogP contribution in [0.25, 0.3) is 0 Å². The van der Waals surface area contributed by atoms with Gasteiger partial charge < -0.3 is 0 Å². The summed E-state index contributed by atoms with van der Waals surface area (Å²) >= 11 is 0. The maximum Gasteiger partial charge on any atom is 0.0146 e. The van der Waals surface area contributed by atoms with Crippen molar-refractivity contribution in [3.8, 4) is 0 Å². The molecule has 0 radical (unpaired) electrons. The van der Waals surface area contributed by atoms with Crippen LogP contribution in [0.1, 0.15) is 222 Å². The maximum absolute atomic E-state index is 2.58. The average Bonchev–Trinajstić information content (AvgIpc) is 3.19. The van der Waals surface area contributed by atoms with Crippen LogP contribution < -0.4 is 0 Å². The van der Waals surface area contributed by atoms with Gasteiger partial charge in [-0.05, 0) is 116 Å². The minimum absolute atomic E-state index is 0. The molecule has 0 heteroatoms. The summed E-state index contributed by atoms with van der Waals surface area (Å²) in [5, 5.41) is 0. The Morgan fingerprint density at radius 2 is 0.690 bits per heavy atom. The van der Waals surface area contributed by atoms with E-state index in [0.29, 0.717) is 5.41 Å². The molecule has 0 heterocycles. The first-order chi connectivity index (χ1) is 25.7. The van der Waals surface area contributed by atoms with Gasteiger partial charge in [-0.15, -0.1) is 0 Å². The van der Waals surface area contributed by atoms with E-state index in [1.165, 1.54) is 123 Å². The van der Waals surface area contributed by atoms with Crippen molar-refractivity contribution < 1.29 is 0 Å². The van der Waals surface area contributed by atoms with E-state index in [4.69, 9.17) is 0 Å². The second-order valence-electron chi connectivity index (χ2n) is 19.3. The van der Waals surface area contributed by atoms with E-state index in [1.54, 1.807) is 0 Å². The van der Waals surface area contributed by atoms with Crippen LogP contribution in [0.3, 0.4) is 0 Å². The molecule has 3 aromatic carbocycles. The Labute approximate surface area is 366 Å². The Hall–Kier alpha value is -2.34. The van der Waals surface area contributed by atoms with Crippen LogP contribution in [-0.4, -0.2) is 0 Å². The van der Waals surface area contributed by atoms with E-state index in [1.807, 2.05) is 0 Å². The molecule has 0 atom stereocenters. The first-order valence-electron chi connectivity index (χ1n) is 22.9. The summed E-state index contributed by atoms with van der Waals surface area (Å²) in [5.41, 5.74) is 8.90. The van der Waals surface area contributed by atoms with Gasteiger partial charge in [-0.1, -0.05) is 247 Å². The quantitative estimate of drug-likeness (QED) is 0.213. The number of hydrogen-bond acceptors (Lipinski definition) is 0. The van der Waals surface area contributed by atoms with Gasteiger partial charge >= 0.3 is 0 Å². The predicted octanol–water partition coefficient (Wildman–Crippen LogP) is 19.3. The van der Waals surface area contributed by atoms with Crippen molar-refractivity contribution in [1.29, 1.82) is 0 Å². The maximum atomic E-state index is 2.58. The molecule has 3 aromatic rings. The summed E-state index contributed by atoms with van der Waals surface area (Å²) in [5.74, 6) is 6.15. The van der Waals surface area contributed by atoms with Gasteiger partial charge in [-0.25, -0.2) is 0 Å². The second kappa shape index (κ2) is 29.0. The lowest BCUT2D eigenvalue weighted by molar-refractivity contribution is 0.0421. The Morgan fingerprint density at radius 3 is 0.931 bits per heavy atom. The highest BCUT2D eigenvalue weighted by atomic mass is 14.4. The van der Waals surface area contributed by atoms with Crippen LogP contribution in [0, 0.1) is 54.8 Å². The predicted molar refractivity (Wildman–Crippen MR) is 269 cm³/mol. The highest BCUT2D eigenvalue weighted by molar-refractivity contribution is 5.39. The molecule has 334 valence electrons. The summed E-state index contributed by atoms with van der Waals surface area (Å²) in [6, 6.07) is 26.5. The Bertz CT molecular complexity index is 1270. The molecule has 0 spiro atoms. The molecule has 0 nitrogen and oxygen atoms in total. The van der Waals surface area contributed by atoms with Crippen molar-refractivity contribution in [1.82, 2.24) is 0 Å². The van der Waals surface area contributed by atoms with E-state index < -0.39 is 0 Å². The van der Waals surface area contributed by atoms with Crippen LogP contribution in [0.2, 0.25) is 0 Å². The third kappa shape index (κ3) is 18.5. The minimum Gasteiger partial charge on any atom is -0.0776 e. The zero-order valence-electron chi connectivity index (χ0n) is 37.7. The third-order valence-corrected chi connectivity index (χ3v) is 14.6. The van der Waals surface area contributed by atoms with E-state index in [9.17, 15) is 0 Å². The fourth-order valence-electron chi connectivity index (χ4n) is 9.51. The van der Waals surface area contributed by atoms with Gasteiger partial charge in [-0.2, -0.15) is 0 Å². The zero-order chi connectivity index (χ0) is 39.7. The first-order valence-corrected chi connectivity index (χ1v) is 22.9. The van der Waals surface area contributed by atoms with Gasteiger partial charge in [-0.3, -0.25) is 0 Å². The molecule has 3 fully saturated rings. The average molecular weight is 799 g/mol. The number of rotatable bonds is 8. The Kier molecular flexibility index (Phi) is 28.9. The molecule has 0 aromatic heterocycles. The van der Waals surface area contributed by atoms with E-state index in [-0.39, 0.29) is 35.1 Å². The molecule has 0 bridgehead atoms. The summed E-state index contributed by atoms with van der Waals surface area (Å²) in [4.78, 5) is 0. The molecule has 0 unspecified atom stereocenters. The number of aryl methyl sites for hydroxylation is 4. The molecule has 58 heavy (non-hydrogen) atoms. The fraction of sp³-hybridized carbons (Fsp3) is 0.690. The van der Waals surface area contributed by atoms with Crippen molar-refractivity contribution in [3.05, 3.63) is 106 Å². The Balaban J connectivity index is 0. The van der Waals surface area contributed by atoms with Crippen LogP contribution in [0.5, 0.6) is 0 Å². The molecule has 0 aliphatic heterocycles. The smallest absolute Gasteiger partial charge is 0.0146 e. The van der Waals surface area contributed by atoms with Gasteiger partial charge in [0.15, 0.2) is 0 Å². The zero-order valence-corrected chi connectivity index (χ0v) is 37.7. The summed E-state index contributed by atoms with van der Waals surface area (Å²) in [6.45, 7) is 27.9. The standard InChI is InChI=1S/C17H32.C17H20.C10H20.C10H14.4CH4/c2*1-13-5-9-15(10-6-13)17(3,4)16-11-7-14(2)8-12-16;2*1-3-9-5-7-10(4-2)8-6-9;;;;/h13-16H,5-12H2,1-4H3;5-12H,1-4H3;9-10H,3-8H2,1-2H3;5-8H,3-4H2,1-2H3;4*1H4. The SMILES string of the molecule is C.C.C.C.CC1CCC(C(C)(C)C2CCC(C)CC2)CC1.CCC1CCC(CC)CC1.CCc1ccc(CC)cc1.Cc1ccc(C(C)(C)c2ccc(C)cc2)cc1. The molecule has 0 saturated heterocycles. The van der Waals surface area contributed by atoms with Crippen LogP contribution in [0.4, 0.5) is 0 Å². The van der Waals surface area contributed by atoms with Gasteiger partial charge in [0, 0.05) is 5.41 Å². The van der Waals surface area contributed by atoms with Crippen molar-refractivity contribution in [2.45, 2.75) is 221 Å². The largest absolute Gasteiger partial charge is 0.0776 e. The molecule has 6 rings (SSSR count). The van der Waals surface area contributed by atoms with E-state index >= 15 is 0 Å². The van der Waals surface area contributed by atoms with E-state index in [2.05, 4.69) is 156 Å². The monoisotopic (exact) mass is 799 g/mol. The lowest BCUT2D eigenvalue weighted by Crippen LogP contribution is -2.36. The van der Waals surface area contributed by atoms with Crippen molar-refractivity contribution in [2.24, 2.45) is 40.9 Å². The number of hydrogen-bond donors (Lipinski definition) is 0. The summed E-state index contributed by atoms with van der Waals surface area (Å²) in [7, 11) is 0. The summed E-state index contributed by atoms with van der Waals surface area (Å²) in [6.07, 6.45) is 23.1. The fourth-order valence-corrected chi connectivity index (χ4v) is 9.51. The topological polar surface area (TPSA) is 0 Å². The number of benzene rings is 3. The normalized spacial score (nSPS) is 22.8. The van der Waals surface area contributed by atoms with Crippen molar-refractivity contribution in [3.63, 3.8) is 0 Å². The molecule has 3 aliphatic rings. The van der Waals surface area contributed by atoms with E-state index in [0.717, 1.165) is 48.3 Å². The molecular weight excluding hydrogens is 697 g/mol. The van der Waals surface area contributed by atoms with Gasteiger partial charge in [0.2, 0.25) is 0 Å². The van der Waals surface area contributed by atoms with Crippen molar-refractivity contribution in [2.75, 3.05) is 0 Å². The second-order valence-corrected chi connectivity index (χ2v) is 19.3. The molecule has 3 saturated carbocycles. The highest BCUT2D eigenvalue weighted by Crippen LogP contribution is 2.49. The molecular formula is C58H102. The highest BCUT2D eigenvalue weighted by Gasteiger charge is 2.39.